The van der Waals surface area contributed by atoms with Gasteiger partial charge in [0.05, 0.1) is 6.61 Å². The first-order chi connectivity index (χ1) is 9.65. The standard InChI is InChI=1S/C15H24N2O3/c1-4-11-6-8-12(9-7-11)17(3)15-16-13(10-20-15)14(18)19-5-2/h10-12H,4-9H2,1-3H3. The zero-order chi connectivity index (χ0) is 14.5. The van der Waals surface area contributed by atoms with E-state index in [4.69, 9.17) is 9.15 Å². The summed E-state index contributed by atoms with van der Waals surface area (Å²) >= 11 is 0. The topological polar surface area (TPSA) is 55.6 Å². The van der Waals surface area contributed by atoms with E-state index >= 15 is 0 Å². The van der Waals surface area contributed by atoms with Gasteiger partial charge >= 0.3 is 5.97 Å². The summed E-state index contributed by atoms with van der Waals surface area (Å²) in [5.41, 5.74) is 0.246. The molecule has 0 amide bonds. The molecular formula is C15H24N2O3. The van der Waals surface area contributed by atoms with Crippen LogP contribution in [-0.4, -0.2) is 30.6 Å². The van der Waals surface area contributed by atoms with Gasteiger partial charge in [-0.2, -0.15) is 4.98 Å². The van der Waals surface area contributed by atoms with Gasteiger partial charge in [-0.3, -0.25) is 0 Å². The first-order valence-electron chi connectivity index (χ1n) is 7.51. The van der Waals surface area contributed by atoms with Gasteiger partial charge in [0.15, 0.2) is 5.69 Å². The fourth-order valence-corrected chi connectivity index (χ4v) is 2.82. The number of esters is 1. The lowest BCUT2D eigenvalue weighted by Crippen LogP contribution is -2.35. The summed E-state index contributed by atoms with van der Waals surface area (Å²) in [6.45, 7) is 4.38. The summed E-state index contributed by atoms with van der Waals surface area (Å²) in [5, 5.41) is 0. The van der Waals surface area contributed by atoms with Crippen LogP contribution in [0.3, 0.4) is 0 Å². The fourth-order valence-electron chi connectivity index (χ4n) is 2.82. The van der Waals surface area contributed by atoms with E-state index in [0.717, 1.165) is 18.8 Å². The van der Waals surface area contributed by atoms with Crippen molar-refractivity contribution in [2.75, 3.05) is 18.6 Å². The van der Waals surface area contributed by atoms with Crippen LogP contribution in [-0.2, 0) is 4.74 Å². The lowest BCUT2D eigenvalue weighted by Gasteiger charge is -2.33. The number of rotatable bonds is 5. The maximum absolute atomic E-state index is 11.6. The van der Waals surface area contributed by atoms with E-state index in [-0.39, 0.29) is 5.69 Å². The summed E-state index contributed by atoms with van der Waals surface area (Å²) < 4.78 is 10.3. The van der Waals surface area contributed by atoms with E-state index in [1.165, 1.54) is 25.5 Å². The third kappa shape index (κ3) is 3.32. The second-order valence-corrected chi connectivity index (χ2v) is 5.43. The highest BCUT2D eigenvalue weighted by molar-refractivity contribution is 5.87. The highest BCUT2D eigenvalue weighted by Crippen LogP contribution is 2.30. The third-order valence-corrected chi connectivity index (χ3v) is 4.22. The number of ether oxygens (including phenoxy) is 1. The Balaban J connectivity index is 1.96. The molecule has 5 nitrogen and oxygen atoms in total. The van der Waals surface area contributed by atoms with Crippen LogP contribution in [0.15, 0.2) is 10.7 Å². The number of hydrogen-bond acceptors (Lipinski definition) is 5. The summed E-state index contributed by atoms with van der Waals surface area (Å²) in [7, 11) is 1.98. The van der Waals surface area contributed by atoms with Crippen LogP contribution in [0.4, 0.5) is 6.01 Å². The van der Waals surface area contributed by atoms with E-state index < -0.39 is 5.97 Å². The Labute approximate surface area is 120 Å². The lowest BCUT2D eigenvalue weighted by atomic mass is 9.84. The second kappa shape index (κ2) is 6.77. The first-order valence-corrected chi connectivity index (χ1v) is 7.51. The Morgan fingerprint density at radius 2 is 2.10 bits per heavy atom. The molecule has 1 saturated carbocycles. The van der Waals surface area contributed by atoms with Gasteiger partial charge in [-0.1, -0.05) is 13.3 Å². The van der Waals surface area contributed by atoms with Gasteiger partial charge in [-0.05, 0) is 38.5 Å². The number of anilines is 1. The number of carbonyl (C=O) groups is 1. The molecule has 0 spiro atoms. The molecule has 0 unspecified atom stereocenters. The van der Waals surface area contributed by atoms with Gasteiger partial charge in [0.1, 0.15) is 6.26 Å². The SMILES string of the molecule is CCOC(=O)c1coc(N(C)C2CCC(CC)CC2)n1. The number of aromatic nitrogens is 1. The van der Waals surface area contributed by atoms with Crippen LogP contribution in [0.5, 0.6) is 0 Å². The van der Waals surface area contributed by atoms with Gasteiger partial charge in [0.25, 0.3) is 6.01 Å². The minimum absolute atomic E-state index is 0.246. The predicted molar refractivity (Wildman–Crippen MR) is 76.9 cm³/mol. The molecule has 0 aromatic carbocycles. The van der Waals surface area contributed by atoms with Crippen molar-refractivity contribution in [1.82, 2.24) is 4.98 Å². The van der Waals surface area contributed by atoms with E-state index in [1.807, 2.05) is 7.05 Å². The van der Waals surface area contributed by atoms with E-state index in [9.17, 15) is 4.79 Å². The van der Waals surface area contributed by atoms with Crippen molar-refractivity contribution in [3.63, 3.8) is 0 Å². The maximum atomic E-state index is 11.6. The van der Waals surface area contributed by atoms with Gasteiger partial charge in [-0.25, -0.2) is 4.79 Å². The summed E-state index contributed by atoms with van der Waals surface area (Å²) in [6.07, 6.45) is 7.48. The maximum Gasteiger partial charge on any atom is 0.360 e. The summed E-state index contributed by atoms with van der Waals surface area (Å²) in [5.74, 6) is 0.435. The highest BCUT2D eigenvalue weighted by Gasteiger charge is 2.26. The van der Waals surface area contributed by atoms with Crippen LogP contribution in [0, 0.1) is 5.92 Å². The third-order valence-electron chi connectivity index (χ3n) is 4.22. The monoisotopic (exact) mass is 280 g/mol. The molecule has 112 valence electrons. The molecular weight excluding hydrogens is 256 g/mol. The van der Waals surface area contributed by atoms with Crippen molar-refractivity contribution in [1.29, 1.82) is 0 Å². The van der Waals surface area contributed by atoms with Crippen molar-refractivity contribution in [2.45, 2.75) is 52.0 Å². The van der Waals surface area contributed by atoms with Crippen LogP contribution in [0.2, 0.25) is 0 Å². The van der Waals surface area contributed by atoms with Gasteiger partial charge < -0.3 is 14.1 Å². The molecule has 1 aliphatic carbocycles. The molecule has 0 bridgehead atoms. The molecule has 1 fully saturated rings. The zero-order valence-electron chi connectivity index (χ0n) is 12.6. The number of oxazole rings is 1. The second-order valence-electron chi connectivity index (χ2n) is 5.43. The normalized spacial score (nSPS) is 22.6. The van der Waals surface area contributed by atoms with E-state index in [2.05, 4.69) is 16.8 Å². The zero-order valence-corrected chi connectivity index (χ0v) is 12.6. The average Bonchev–Trinajstić information content (AvgIpc) is 2.97. The summed E-state index contributed by atoms with van der Waals surface area (Å²) in [4.78, 5) is 17.9. The molecule has 1 heterocycles. The molecule has 0 saturated heterocycles. The molecule has 1 aromatic heterocycles. The van der Waals surface area contributed by atoms with Crippen LogP contribution < -0.4 is 4.90 Å². The molecule has 1 aliphatic rings. The van der Waals surface area contributed by atoms with Gasteiger partial charge in [0.2, 0.25) is 0 Å². The molecule has 0 N–H and O–H groups in total. The molecule has 0 radical (unpaired) electrons. The van der Waals surface area contributed by atoms with Crippen LogP contribution in [0.25, 0.3) is 0 Å². The van der Waals surface area contributed by atoms with E-state index in [1.54, 1.807) is 6.92 Å². The number of hydrogen-bond donors (Lipinski definition) is 0. The molecule has 2 rings (SSSR count). The van der Waals surface area contributed by atoms with Crippen molar-refractivity contribution in [3.8, 4) is 0 Å². The molecule has 1 aromatic rings. The Bertz CT molecular complexity index is 436. The van der Waals surface area contributed by atoms with Gasteiger partial charge in [0, 0.05) is 13.1 Å². The number of carbonyl (C=O) groups excluding carboxylic acids is 1. The minimum Gasteiger partial charge on any atom is -0.461 e. The Morgan fingerprint density at radius 1 is 1.40 bits per heavy atom. The molecule has 5 heteroatoms. The van der Waals surface area contributed by atoms with Crippen LogP contribution in [0.1, 0.15) is 56.4 Å². The van der Waals surface area contributed by atoms with Crippen LogP contribution >= 0.6 is 0 Å². The van der Waals surface area contributed by atoms with Crippen molar-refractivity contribution >= 4 is 12.0 Å². The van der Waals surface area contributed by atoms with Gasteiger partial charge in [-0.15, -0.1) is 0 Å². The molecule has 0 aliphatic heterocycles. The average molecular weight is 280 g/mol. The summed E-state index contributed by atoms with van der Waals surface area (Å²) in [6, 6.07) is 0.958. The molecule has 20 heavy (non-hydrogen) atoms. The van der Waals surface area contributed by atoms with E-state index in [0.29, 0.717) is 18.7 Å². The fraction of sp³-hybridized carbons (Fsp3) is 0.733. The van der Waals surface area contributed by atoms with Crippen molar-refractivity contribution < 1.29 is 13.9 Å². The highest BCUT2D eigenvalue weighted by atomic mass is 16.5. The first kappa shape index (κ1) is 14.9. The Kier molecular flexibility index (Phi) is 5.04. The smallest absolute Gasteiger partial charge is 0.360 e. The molecule has 0 atom stereocenters. The Hall–Kier alpha value is -1.52. The quantitative estimate of drug-likeness (QED) is 0.775. The lowest BCUT2D eigenvalue weighted by molar-refractivity contribution is 0.0519. The Morgan fingerprint density at radius 3 is 2.70 bits per heavy atom. The van der Waals surface area contributed by atoms with Crippen molar-refractivity contribution in [3.05, 3.63) is 12.0 Å². The minimum atomic E-state index is -0.425. The number of nitrogens with zero attached hydrogens (tertiary/aromatic N) is 2. The van der Waals surface area contributed by atoms with Crippen molar-refractivity contribution in [2.24, 2.45) is 5.92 Å². The predicted octanol–water partition coefficient (Wildman–Crippen LogP) is 3.26. The largest absolute Gasteiger partial charge is 0.461 e.